The van der Waals surface area contributed by atoms with Crippen LogP contribution in [-0.2, 0) is 11.2 Å². The van der Waals surface area contributed by atoms with Gasteiger partial charge in [0.05, 0.1) is 17.0 Å². The van der Waals surface area contributed by atoms with Gasteiger partial charge in [0.15, 0.2) is 5.78 Å². The first-order valence-electron chi connectivity index (χ1n) is 13.4. The van der Waals surface area contributed by atoms with Crippen molar-refractivity contribution in [2.24, 2.45) is 5.41 Å². The maximum absolute atomic E-state index is 14.0. The molecule has 1 aromatic rings. The summed E-state index contributed by atoms with van der Waals surface area (Å²) in [6, 6.07) is 2.32. The number of carbonyl (C=O) groups excluding carboxylic acids is 2. The van der Waals surface area contributed by atoms with E-state index in [1.807, 2.05) is 41.5 Å². The molecule has 1 unspecified atom stereocenters. The molecule has 0 spiro atoms. The van der Waals surface area contributed by atoms with Gasteiger partial charge in [0.1, 0.15) is 11.7 Å². The first-order chi connectivity index (χ1) is 17.1. The monoisotopic (exact) mass is 517 g/mol. The van der Waals surface area contributed by atoms with Gasteiger partial charge in [-0.05, 0) is 69.8 Å². The highest BCUT2D eigenvalue weighted by molar-refractivity contribution is 6.00. The number of amides is 1. The second kappa shape index (κ2) is 10.7. The number of alkyl halides is 2. The van der Waals surface area contributed by atoms with Gasteiger partial charge >= 0.3 is 6.09 Å². The Kier molecular flexibility index (Phi) is 8.36. The zero-order valence-electron chi connectivity index (χ0n) is 23.3. The van der Waals surface area contributed by atoms with Crippen LogP contribution >= 0.6 is 0 Å². The number of halogens is 2. The lowest BCUT2D eigenvalue weighted by atomic mass is 9.70. The Bertz CT molecular complexity index is 1080. The fourth-order valence-electron chi connectivity index (χ4n) is 5.62. The molecule has 1 amide bonds. The van der Waals surface area contributed by atoms with Crippen molar-refractivity contribution in [2.75, 3.05) is 13.6 Å². The van der Waals surface area contributed by atoms with Crippen LogP contribution in [0.15, 0.2) is 0 Å². The number of ketones is 1. The molecule has 0 bridgehead atoms. The number of nitrogens with zero attached hydrogens (tertiary/aromatic N) is 3. The molecule has 0 saturated heterocycles. The average molecular weight is 518 g/mol. The van der Waals surface area contributed by atoms with Gasteiger partial charge in [0.25, 0.3) is 0 Å². The molecule has 1 heterocycles. The van der Waals surface area contributed by atoms with Crippen LogP contribution in [0.3, 0.4) is 0 Å². The third-order valence-electron chi connectivity index (χ3n) is 7.54. The van der Waals surface area contributed by atoms with Crippen molar-refractivity contribution in [1.82, 2.24) is 9.88 Å². The zero-order chi connectivity index (χ0) is 27.8. The Labute approximate surface area is 219 Å². The minimum absolute atomic E-state index is 0.0492. The second-order valence-corrected chi connectivity index (χ2v) is 12.6. The van der Waals surface area contributed by atoms with Crippen molar-refractivity contribution in [3.05, 3.63) is 28.1 Å². The fourth-order valence-corrected chi connectivity index (χ4v) is 5.62. The summed E-state index contributed by atoms with van der Waals surface area (Å²) in [5, 5.41) is 10.3. The van der Waals surface area contributed by atoms with Crippen molar-refractivity contribution in [3.8, 4) is 6.07 Å². The number of nitriles is 1. The summed E-state index contributed by atoms with van der Waals surface area (Å²) < 4.78 is 33.5. The van der Waals surface area contributed by atoms with Gasteiger partial charge in [-0.15, -0.1) is 0 Å². The molecule has 1 saturated carbocycles. The lowest BCUT2D eigenvalue weighted by molar-refractivity contribution is -0.0382. The van der Waals surface area contributed by atoms with Crippen molar-refractivity contribution in [3.63, 3.8) is 0 Å². The summed E-state index contributed by atoms with van der Waals surface area (Å²) in [6.45, 7) is 11.9. The number of hydrogen-bond donors (Lipinski definition) is 0. The van der Waals surface area contributed by atoms with Crippen LogP contribution < -0.4 is 0 Å². The largest absolute Gasteiger partial charge is 0.444 e. The van der Waals surface area contributed by atoms with Gasteiger partial charge < -0.3 is 9.64 Å². The smallest absolute Gasteiger partial charge is 0.410 e. The van der Waals surface area contributed by atoms with Crippen molar-refractivity contribution < 1.29 is 23.1 Å². The summed E-state index contributed by atoms with van der Waals surface area (Å²) in [5.74, 6) is -3.15. The third-order valence-corrected chi connectivity index (χ3v) is 7.54. The van der Waals surface area contributed by atoms with Crippen LogP contribution in [0.1, 0.15) is 131 Å². The maximum Gasteiger partial charge on any atom is 0.410 e. The standard InChI is InChI=1S/C29H41F2N3O3/c1-8-18(11-14-34(7)26(36)37-27(2,3)4)25-20(17-32)23(19-9-12-29(30,31)13-10-19)24-21(33-25)15-28(5,6)16-22(24)35/h18-19H,8-16H2,1-7H3. The average Bonchev–Trinajstić information content (AvgIpc) is 2.76. The Balaban J connectivity index is 2.02. The van der Waals surface area contributed by atoms with Crippen molar-refractivity contribution >= 4 is 11.9 Å². The Hall–Kier alpha value is -2.56. The quantitative estimate of drug-likeness (QED) is 0.400. The molecule has 1 aromatic heterocycles. The highest BCUT2D eigenvalue weighted by atomic mass is 19.3. The highest BCUT2D eigenvalue weighted by Crippen LogP contribution is 2.47. The number of ether oxygens (including phenoxy) is 1. The van der Waals surface area contributed by atoms with Crippen molar-refractivity contribution in [1.29, 1.82) is 5.26 Å². The van der Waals surface area contributed by atoms with Gasteiger partial charge in [-0.2, -0.15) is 5.26 Å². The Morgan fingerprint density at radius 1 is 1.24 bits per heavy atom. The van der Waals surface area contributed by atoms with Gasteiger partial charge in [-0.1, -0.05) is 20.8 Å². The Morgan fingerprint density at radius 2 is 1.86 bits per heavy atom. The van der Waals surface area contributed by atoms with Crippen LogP contribution in [0.4, 0.5) is 13.6 Å². The van der Waals surface area contributed by atoms with E-state index in [0.717, 1.165) is 0 Å². The molecule has 0 aliphatic heterocycles. The number of carbonyl (C=O) groups is 2. The molecule has 1 fully saturated rings. The summed E-state index contributed by atoms with van der Waals surface area (Å²) in [6.07, 6.45) is 1.76. The van der Waals surface area contributed by atoms with E-state index in [1.165, 1.54) is 4.90 Å². The minimum Gasteiger partial charge on any atom is -0.444 e. The zero-order valence-corrected chi connectivity index (χ0v) is 23.3. The van der Waals surface area contributed by atoms with Gasteiger partial charge in [-0.3, -0.25) is 9.78 Å². The lowest BCUT2D eigenvalue weighted by Gasteiger charge is -2.36. The summed E-state index contributed by atoms with van der Waals surface area (Å²) in [5.41, 5.74) is 1.94. The molecule has 0 radical (unpaired) electrons. The van der Waals surface area contributed by atoms with Gasteiger partial charge in [0, 0.05) is 44.3 Å². The SMILES string of the molecule is CCC(CCN(C)C(=O)OC(C)(C)C)c1nc2c(c(C3CCC(F)(F)CC3)c1C#N)C(=O)CC(C)(C)C2. The molecule has 0 aromatic carbocycles. The number of fused-ring (bicyclic) bond motifs is 1. The highest BCUT2D eigenvalue weighted by Gasteiger charge is 2.42. The van der Waals surface area contributed by atoms with E-state index >= 15 is 0 Å². The molecule has 37 heavy (non-hydrogen) atoms. The van der Waals surface area contributed by atoms with E-state index in [2.05, 4.69) is 6.07 Å². The second-order valence-electron chi connectivity index (χ2n) is 12.6. The molecular formula is C29H41F2N3O3. The number of pyridine rings is 1. The molecular weight excluding hydrogens is 476 g/mol. The van der Waals surface area contributed by atoms with Gasteiger partial charge in [-0.25, -0.2) is 13.6 Å². The number of rotatable bonds is 6. The molecule has 3 rings (SSSR count). The summed E-state index contributed by atoms with van der Waals surface area (Å²) >= 11 is 0. The predicted molar refractivity (Wildman–Crippen MR) is 138 cm³/mol. The minimum atomic E-state index is -2.70. The van der Waals surface area contributed by atoms with Crippen LogP contribution in [0.5, 0.6) is 0 Å². The third kappa shape index (κ3) is 6.86. The molecule has 2 aliphatic carbocycles. The normalized spacial score (nSPS) is 20.1. The van der Waals surface area contributed by atoms with Crippen LogP contribution in [0.2, 0.25) is 0 Å². The molecule has 204 valence electrons. The number of Topliss-reactive ketones (excluding diaryl/α,β-unsaturated/α-hetero) is 1. The van der Waals surface area contributed by atoms with E-state index < -0.39 is 17.6 Å². The van der Waals surface area contributed by atoms with E-state index in [4.69, 9.17) is 9.72 Å². The van der Waals surface area contributed by atoms with E-state index in [9.17, 15) is 23.6 Å². The van der Waals surface area contributed by atoms with Crippen LogP contribution in [-0.4, -0.2) is 46.9 Å². The maximum atomic E-state index is 14.0. The topological polar surface area (TPSA) is 83.3 Å². The molecule has 0 N–H and O–H groups in total. The van der Waals surface area contributed by atoms with Crippen LogP contribution in [0.25, 0.3) is 0 Å². The molecule has 2 aliphatic rings. The fraction of sp³-hybridized carbons (Fsp3) is 0.724. The number of hydrogen-bond acceptors (Lipinski definition) is 5. The van der Waals surface area contributed by atoms with E-state index in [1.54, 1.807) is 7.05 Å². The first-order valence-corrected chi connectivity index (χ1v) is 13.4. The lowest BCUT2D eigenvalue weighted by Crippen LogP contribution is -2.35. The number of aromatic nitrogens is 1. The van der Waals surface area contributed by atoms with E-state index in [0.29, 0.717) is 60.3 Å². The van der Waals surface area contributed by atoms with Crippen molar-refractivity contribution in [2.45, 2.75) is 116 Å². The molecule has 1 atom stereocenters. The van der Waals surface area contributed by atoms with E-state index in [-0.39, 0.29) is 48.7 Å². The predicted octanol–water partition coefficient (Wildman–Crippen LogP) is 7.15. The first kappa shape index (κ1) is 29.0. The Morgan fingerprint density at radius 3 is 2.41 bits per heavy atom. The summed E-state index contributed by atoms with van der Waals surface area (Å²) in [4.78, 5) is 32.3. The van der Waals surface area contributed by atoms with Crippen LogP contribution in [0, 0.1) is 16.7 Å². The van der Waals surface area contributed by atoms with Gasteiger partial charge in [0.2, 0.25) is 5.92 Å². The molecule has 6 nitrogen and oxygen atoms in total. The molecule has 8 heteroatoms. The summed E-state index contributed by atoms with van der Waals surface area (Å²) in [7, 11) is 1.68.